The van der Waals surface area contributed by atoms with Crippen LogP contribution in [0.4, 0.5) is 4.79 Å². The van der Waals surface area contributed by atoms with Crippen molar-refractivity contribution < 1.29 is 19.4 Å². The third kappa shape index (κ3) is 7.78. The molecule has 1 atom stereocenters. The predicted octanol–water partition coefficient (Wildman–Crippen LogP) is 1.30. The highest BCUT2D eigenvalue weighted by Crippen LogP contribution is 2.08. The summed E-state index contributed by atoms with van der Waals surface area (Å²) >= 11 is 0. The van der Waals surface area contributed by atoms with Gasteiger partial charge < -0.3 is 20.1 Å². The van der Waals surface area contributed by atoms with Gasteiger partial charge in [0.1, 0.15) is 11.6 Å². The van der Waals surface area contributed by atoms with E-state index in [2.05, 4.69) is 11.9 Å². The van der Waals surface area contributed by atoms with Crippen LogP contribution in [-0.4, -0.2) is 53.3 Å². The van der Waals surface area contributed by atoms with Gasteiger partial charge >= 0.3 is 12.0 Å². The third-order valence-electron chi connectivity index (χ3n) is 2.36. The fraction of sp³-hybridized carbons (Fsp3) is 0.714. The predicted molar refractivity (Wildman–Crippen MR) is 77.3 cm³/mol. The molecule has 6 heteroatoms. The van der Waals surface area contributed by atoms with E-state index in [9.17, 15) is 9.59 Å². The molecule has 0 rings (SSSR count). The van der Waals surface area contributed by atoms with Gasteiger partial charge in [0.2, 0.25) is 0 Å². The Hall–Kier alpha value is -1.56. The first kappa shape index (κ1) is 18.4. The van der Waals surface area contributed by atoms with Crippen molar-refractivity contribution in [2.24, 2.45) is 0 Å². The van der Waals surface area contributed by atoms with Crippen LogP contribution >= 0.6 is 0 Å². The summed E-state index contributed by atoms with van der Waals surface area (Å²) in [4.78, 5) is 25.2. The molecule has 0 aromatic carbocycles. The summed E-state index contributed by atoms with van der Waals surface area (Å²) in [6.45, 7) is 11.0. The van der Waals surface area contributed by atoms with Crippen molar-refractivity contribution in [3.8, 4) is 0 Å². The molecule has 6 nitrogen and oxygen atoms in total. The first-order valence-corrected chi connectivity index (χ1v) is 6.71. The molecular formula is C14H26N2O4. The molecule has 2 amide bonds. The van der Waals surface area contributed by atoms with Crippen molar-refractivity contribution >= 4 is 12.0 Å². The number of amides is 2. The lowest BCUT2D eigenvalue weighted by Gasteiger charge is -2.26. The quantitative estimate of drug-likeness (QED) is 0.546. The molecule has 0 saturated heterocycles. The zero-order valence-electron chi connectivity index (χ0n) is 12.8. The van der Waals surface area contributed by atoms with Crippen molar-refractivity contribution in [3.63, 3.8) is 0 Å². The van der Waals surface area contributed by atoms with Crippen molar-refractivity contribution in [1.82, 2.24) is 10.2 Å². The van der Waals surface area contributed by atoms with Crippen LogP contribution in [0.25, 0.3) is 0 Å². The number of aliphatic hydroxyl groups excluding tert-OH is 1. The monoisotopic (exact) mass is 286 g/mol. The average Bonchev–Trinajstić information content (AvgIpc) is 2.32. The Labute approximate surface area is 120 Å². The van der Waals surface area contributed by atoms with E-state index < -0.39 is 23.6 Å². The van der Waals surface area contributed by atoms with E-state index >= 15 is 0 Å². The molecule has 0 aliphatic carbocycles. The summed E-state index contributed by atoms with van der Waals surface area (Å²) in [5, 5.41) is 11.5. The lowest BCUT2D eigenvalue weighted by atomic mass is 10.2. The Bertz CT molecular complexity index is 337. The van der Waals surface area contributed by atoms with E-state index in [0.717, 1.165) is 0 Å². The van der Waals surface area contributed by atoms with Crippen molar-refractivity contribution in [1.29, 1.82) is 0 Å². The van der Waals surface area contributed by atoms with Gasteiger partial charge in [-0.15, -0.1) is 6.58 Å². The molecule has 116 valence electrons. The first-order chi connectivity index (χ1) is 9.21. The standard InChI is InChI=1S/C14H26N2O4/c1-6-7-8-16(9-10-17)13(19)15-11(2)12(18)20-14(3,4)5/h6,11,17H,1,7-10H2,2-5H3,(H,15,19)/t11-/m0/s1. The number of carbonyl (C=O) groups excluding carboxylic acids is 2. The average molecular weight is 286 g/mol. The molecule has 0 aromatic heterocycles. The normalized spacial score (nSPS) is 12.4. The van der Waals surface area contributed by atoms with Crippen LogP contribution in [0.15, 0.2) is 12.7 Å². The molecule has 0 radical (unpaired) electrons. The first-order valence-electron chi connectivity index (χ1n) is 6.71. The van der Waals surface area contributed by atoms with E-state index in [1.54, 1.807) is 33.8 Å². The van der Waals surface area contributed by atoms with Crippen LogP contribution in [0, 0.1) is 0 Å². The second kappa shape index (κ2) is 8.58. The van der Waals surface area contributed by atoms with Crippen molar-refractivity contribution in [2.75, 3.05) is 19.7 Å². The number of aliphatic hydroxyl groups is 1. The number of hydrogen-bond donors (Lipinski definition) is 2. The number of nitrogens with one attached hydrogen (secondary N) is 1. The van der Waals surface area contributed by atoms with Crippen LogP contribution < -0.4 is 5.32 Å². The lowest BCUT2D eigenvalue weighted by molar-refractivity contribution is -0.156. The van der Waals surface area contributed by atoms with Gasteiger partial charge in [0.25, 0.3) is 0 Å². The number of carbonyl (C=O) groups is 2. The molecule has 20 heavy (non-hydrogen) atoms. The van der Waals surface area contributed by atoms with E-state index in [1.807, 2.05) is 0 Å². The summed E-state index contributed by atoms with van der Waals surface area (Å²) in [5.41, 5.74) is -0.594. The molecule has 0 heterocycles. The Balaban J connectivity index is 4.46. The molecule has 0 spiro atoms. The van der Waals surface area contributed by atoms with E-state index in [1.165, 1.54) is 4.90 Å². The van der Waals surface area contributed by atoms with E-state index in [4.69, 9.17) is 9.84 Å². The van der Waals surface area contributed by atoms with Crippen LogP contribution in [0.1, 0.15) is 34.1 Å². The highest BCUT2D eigenvalue weighted by atomic mass is 16.6. The highest BCUT2D eigenvalue weighted by Gasteiger charge is 2.24. The van der Waals surface area contributed by atoms with E-state index in [-0.39, 0.29) is 13.2 Å². The topological polar surface area (TPSA) is 78.9 Å². The zero-order chi connectivity index (χ0) is 15.8. The number of urea groups is 1. The molecule has 0 aromatic rings. The minimum atomic E-state index is -0.744. The molecule has 0 unspecified atom stereocenters. The largest absolute Gasteiger partial charge is 0.458 e. The number of nitrogens with zero attached hydrogens (tertiary/aromatic N) is 1. The Morgan fingerprint density at radius 2 is 2.00 bits per heavy atom. The van der Waals surface area contributed by atoms with Gasteiger partial charge in [0.15, 0.2) is 0 Å². The van der Waals surface area contributed by atoms with Crippen LogP contribution in [0.5, 0.6) is 0 Å². The van der Waals surface area contributed by atoms with Gasteiger partial charge in [0.05, 0.1) is 6.61 Å². The van der Waals surface area contributed by atoms with Crippen LogP contribution in [0.2, 0.25) is 0 Å². The summed E-state index contributed by atoms with van der Waals surface area (Å²) in [7, 11) is 0. The third-order valence-corrected chi connectivity index (χ3v) is 2.36. The summed E-state index contributed by atoms with van der Waals surface area (Å²) in [6.07, 6.45) is 2.31. The van der Waals surface area contributed by atoms with Gasteiger partial charge in [-0.3, -0.25) is 0 Å². The number of rotatable bonds is 7. The van der Waals surface area contributed by atoms with Gasteiger partial charge in [-0.05, 0) is 34.1 Å². The smallest absolute Gasteiger partial charge is 0.328 e. The zero-order valence-corrected chi connectivity index (χ0v) is 12.8. The number of esters is 1. The molecule has 0 saturated carbocycles. The number of hydrogen-bond acceptors (Lipinski definition) is 4. The van der Waals surface area contributed by atoms with Gasteiger partial charge in [0, 0.05) is 13.1 Å². The SMILES string of the molecule is C=CCCN(CCO)C(=O)N[C@@H](C)C(=O)OC(C)(C)C. The van der Waals surface area contributed by atoms with E-state index in [0.29, 0.717) is 13.0 Å². The number of ether oxygens (including phenoxy) is 1. The maximum atomic E-state index is 12.0. The second-order valence-electron chi connectivity index (χ2n) is 5.49. The summed E-state index contributed by atoms with van der Waals surface area (Å²) in [6, 6.07) is -1.15. The van der Waals surface area contributed by atoms with Crippen molar-refractivity contribution in [3.05, 3.63) is 12.7 Å². The minimum absolute atomic E-state index is 0.134. The Morgan fingerprint density at radius 3 is 2.45 bits per heavy atom. The molecular weight excluding hydrogens is 260 g/mol. The molecule has 0 fully saturated rings. The maximum absolute atomic E-state index is 12.0. The molecule has 0 aliphatic heterocycles. The van der Waals surface area contributed by atoms with Crippen molar-refractivity contribution in [2.45, 2.75) is 45.8 Å². The molecule has 2 N–H and O–H groups in total. The fourth-order valence-electron chi connectivity index (χ4n) is 1.41. The lowest BCUT2D eigenvalue weighted by Crippen LogP contribution is -2.49. The fourth-order valence-corrected chi connectivity index (χ4v) is 1.41. The van der Waals surface area contributed by atoms with Gasteiger partial charge in [-0.1, -0.05) is 6.08 Å². The summed E-state index contributed by atoms with van der Waals surface area (Å²) < 4.78 is 5.18. The van der Waals surface area contributed by atoms with Crippen LogP contribution in [-0.2, 0) is 9.53 Å². The molecule has 0 bridgehead atoms. The molecule has 0 aliphatic rings. The summed E-state index contributed by atoms with van der Waals surface area (Å²) in [5.74, 6) is -0.487. The Kier molecular flexibility index (Phi) is 7.91. The van der Waals surface area contributed by atoms with Gasteiger partial charge in [-0.25, -0.2) is 9.59 Å². The maximum Gasteiger partial charge on any atom is 0.328 e. The van der Waals surface area contributed by atoms with Gasteiger partial charge in [-0.2, -0.15) is 0 Å². The Morgan fingerprint density at radius 1 is 1.40 bits per heavy atom. The second-order valence-corrected chi connectivity index (χ2v) is 5.49. The highest BCUT2D eigenvalue weighted by molar-refractivity contribution is 5.83. The van der Waals surface area contributed by atoms with Crippen LogP contribution in [0.3, 0.4) is 0 Å². The minimum Gasteiger partial charge on any atom is -0.458 e.